The molecule has 0 aliphatic heterocycles. The third-order valence-corrected chi connectivity index (χ3v) is 9.45. The molecule has 206 valence electrons. The first-order valence-corrected chi connectivity index (χ1v) is 15.8. The van der Waals surface area contributed by atoms with Crippen LogP contribution in [0.5, 0.6) is 0 Å². The molecule has 1 heterocycles. The Balaban J connectivity index is 1.23. The zero-order valence-corrected chi connectivity index (χ0v) is 25.4. The number of rotatable bonds is 3. The Kier molecular flexibility index (Phi) is 5.72. The van der Waals surface area contributed by atoms with Crippen molar-refractivity contribution in [3.05, 3.63) is 162 Å². The van der Waals surface area contributed by atoms with Crippen LogP contribution in [0.3, 0.4) is 0 Å². The van der Waals surface area contributed by atoms with Gasteiger partial charge in [-0.25, -0.2) is 0 Å². The van der Waals surface area contributed by atoms with Gasteiger partial charge in [0.1, 0.15) is 0 Å². The number of para-hydroxylation sites is 2. The van der Waals surface area contributed by atoms with Crippen molar-refractivity contribution in [1.29, 1.82) is 0 Å². The molecule has 0 aliphatic carbocycles. The molecule has 0 spiro atoms. The third-order valence-electron chi connectivity index (χ3n) is 9.00. The summed E-state index contributed by atoms with van der Waals surface area (Å²) < 4.78 is 3.43. The van der Waals surface area contributed by atoms with E-state index in [1.54, 1.807) is 0 Å². The largest absolute Gasteiger partial charge is 0.309 e. The average Bonchev–Trinajstić information content (AvgIpc) is 3.42. The van der Waals surface area contributed by atoms with E-state index in [0.717, 1.165) is 4.47 Å². The third kappa shape index (κ3) is 3.92. The SMILES string of the molecule is Brc1cc(-c2ccc3c4ccccc4c4ccccc4c3c2)cc(-c2ccc3c(c2)c2ccccc2n3-c2ccccc2)c1. The van der Waals surface area contributed by atoms with Crippen LogP contribution in [-0.4, -0.2) is 4.57 Å². The van der Waals surface area contributed by atoms with Crippen molar-refractivity contribution in [3.63, 3.8) is 0 Å². The Morgan fingerprint density at radius 1 is 0.318 bits per heavy atom. The lowest BCUT2D eigenvalue weighted by molar-refractivity contribution is 1.18. The van der Waals surface area contributed by atoms with E-state index in [2.05, 4.69) is 178 Å². The molecule has 0 N–H and O–H groups in total. The monoisotopic (exact) mass is 623 g/mol. The van der Waals surface area contributed by atoms with E-state index in [1.165, 1.54) is 82.1 Å². The van der Waals surface area contributed by atoms with Crippen LogP contribution in [0.2, 0.25) is 0 Å². The van der Waals surface area contributed by atoms with Gasteiger partial charge in [-0.1, -0.05) is 119 Å². The molecule has 8 aromatic carbocycles. The number of benzene rings is 8. The van der Waals surface area contributed by atoms with Crippen LogP contribution in [0.1, 0.15) is 0 Å². The summed E-state index contributed by atoms with van der Waals surface area (Å²) in [6, 6.07) is 57.4. The van der Waals surface area contributed by atoms with E-state index < -0.39 is 0 Å². The molecule has 0 unspecified atom stereocenters. The second-order valence-corrected chi connectivity index (χ2v) is 12.4. The van der Waals surface area contributed by atoms with E-state index in [9.17, 15) is 0 Å². The Morgan fingerprint density at radius 3 is 1.45 bits per heavy atom. The summed E-state index contributed by atoms with van der Waals surface area (Å²) in [4.78, 5) is 0. The van der Waals surface area contributed by atoms with Gasteiger partial charge in [0.15, 0.2) is 0 Å². The minimum atomic E-state index is 1.07. The Labute approximate surface area is 263 Å². The molecule has 9 aromatic rings. The van der Waals surface area contributed by atoms with Crippen LogP contribution in [0, 0.1) is 0 Å². The predicted molar refractivity (Wildman–Crippen MR) is 192 cm³/mol. The number of halogens is 1. The van der Waals surface area contributed by atoms with Gasteiger partial charge in [0.05, 0.1) is 11.0 Å². The fraction of sp³-hybridized carbons (Fsp3) is 0. The first kappa shape index (κ1) is 25.3. The maximum Gasteiger partial charge on any atom is 0.0541 e. The summed E-state index contributed by atoms with van der Waals surface area (Å²) >= 11 is 3.85. The van der Waals surface area contributed by atoms with Gasteiger partial charge < -0.3 is 4.57 Å². The summed E-state index contributed by atoms with van der Waals surface area (Å²) in [7, 11) is 0. The van der Waals surface area contributed by atoms with E-state index in [1.807, 2.05) is 0 Å². The molecule has 0 saturated heterocycles. The number of nitrogens with zero attached hydrogens (tertiary/aromatic N) is 1. The second kappa shape index (κ2) is 9.94. The number of fused-ring (bicyclic) bond motifs is 9. The topological polar surface area (TPSA) is 4.93 Å². The highest BCUT2D eigenvalue weighted by Gasteiger charge is 2.14. The molecule has 0 aliphatic rings. The molecule has 9 rings (SSSR count). The molecule has 0 fully saturated rings. The zero-order chi connectivity index (χ0) is 29.2. The molecule has 0 atom stereocenters. The van der Waals surface area contributed by atoms with Crippen LogP contribution >= 0.6 is 15.9 Å². The summed E-state index contributed by atoms with van der Waals surface area (Å²) in [5, 5.41) is 10.3. The molecule has 0 saturated carbocycles. The van der Waals surface area contributed by atoms with Gasteiger partial charge in [-0.05, 0) is 109 Å². The summed E-state index contributed by atoms with van der Waals surface area (Å²) in [5.41, 5.74) is 8.40. The number of hydrogen-bond donors (Lipinski definition) is 0. The molecule has 44 heavy (non-hydrogen) atoms. The first-order valence-electron chi connectivity index (χ1n) is 15.0. The van der Waals surface area contributed by atoms with Crippen LogP contribution in [0.25, 0.3) is 82.1 Å². The molecule has 2 heteroatoms. The molecule has 1 nitrogen and oxygen atoms in total. The summed E-state index contributed by atoms with van der Waals surface area (Å²) in [6.07, 6.45) is 0. The van der Waals surface area contributed by atoms with Crippen molar-refractivity contribution in [2.75, 3.05) is 0 Å². The molecule has 1 aromatic heterocycles. The minimum Gasteiger partial charge on any atom is -0.309 e. The van der Waals surface area contributed by atoms with Crippen LogP contribution in [0.15, 0.2) is 162 Å². The van der Waals surface area contributed by atoms with Gasteiger partial charge >= 0.3 is 0 Å². The van der Waals surface area contributed by atoms with Crippen molar-refractivity contribution < 1.29 is 0 Å². The van der Waals surface area contributed by atoms with Crippen molar-refractivity contribution >= 4 is 70.1 Å². The number of hydrogen-bond acceptors (Lipinski definition) is 0. The molecule has 0 radical (unpaired) electrons. The molecular weight excluding hydrogens is 598 g/mol. The maximum atomic E-state index is 3.85. The van der Waals surface area contributed by atoms with E-state index >= 15 is 0 Å². The highest BCUT2D eigenvalue weighted by molar-refractivity contribution is 9.10. The lowest BCUT2D eigenvalue weighted by Crippen LogP contribution is -1.92. The molecule has 0 amide bonds. The van der Waals surface area contributed by atoms with Gasteiger partial charge in [-0.2, -0.15) is 0 Å². The predicted octanol–water partition coefficient (Wildman–Crippen LogP) is 12.3. The van der Waals surface area contributed by atoms with Crippen molar-refractivity contribution in [2.24, 2.45) is 0 Å². The highest BCUT2D eigenvalue weighted by atomic mass is 79.9. The normalized spacial score (nSPS) is 11.8. The van der Waals surface area contributed by atoms with E-state index in [4.69, 9.17) is 0 Å². The van der Waals surface area contributed by atoms with Crippen molar-refractivity contribution in [1.82, 2.24) is 4.57 Å². The van der Waals surface area contributed by atoms with Gasteiger partial charge in [-0.3, -0.25) is 0 Å². The van der Waals surface area contributed by atoms with Crippen LogP contribution in [-0.2, 0) is 0 Å². The smallest absolute Gasteiger partial charge is 0.0541 e. The van der Waals surface area contributed by atoms with Crippen LogP contribution in [0.4, 0.5) is 0 Å². The first-order chi connectivity index (χ1) is 21.7. The summed E-state index contributed by atoms with van der Waals surface area (Å²) in [6.45, 7) is 0. The van der Waals surface area contributed by atoms with Gasteiger partial charge in [0.25, 0.3) is 0 Å². The van der Waals surface area contributed by atoms with E-state index in [-0.39, 0.29) is 0 Å². The fourth-order valence-corrected chi connectivity index (χ4v) is 7.51. The molecule has 0 bridgehead atoms. The lowest BCUT2D eigenvalue weighted by Gasteiger charge is -2.13. The van der Waals surface area contributed by atoms with Gasteiger partial charge in [0.2, 0.25) is 0 Å². The lowest BCUT2D eigenvalue weighted by atomic mass is 9.91. The minimum absolute atomic E-state index is 1.07. The highest BCUT2D eigenvalue weighted by Crippen LogP contribution is 2.40. The van der Waals surface area contributed by atoms with Gasteiger partial charge in [0, 0.05) is 20.9 Å². The average molecular weight is 625 g/mol. The summed E-state index contributed by atoms with van der Waals surface area (Å²) in [5.74, 6) is 0. The van der Waals surface area contributed by atoms with Crippen LogP contribution < -0.4 is 0 Å². The van der Waals surface area contributed by atoms with Gasteiger partial charge in [-0.15, -0.1) is 0 Å². The standard InChI is InChI=1S/C42H26BrN/c43-31-23-29(27-18-20-37-35-14-5-4-12-33(35)34-13-6-7-15-36(34)39(37)25-27)22-30(24-31)28-19-21-42-40(26-28)38-16-8-9-17-41(38)44(42)32-10-2-1-3-11-32/h1-26H. The second-order valence-electron chi connectivity index (χ2n) is 11.5. The Hall–Kier alpha value is -5.18. The molecular formula is C42H26BrN. The fourth-order valence-electron chi connectivity index (χ4n) is 7.02. The zero-order valence-electron chi connectivity index (χ0n) is 23.8. The quantitative estimate of drug-likeness (QED) is 0.172. The number of aromatic nitrogens is 1. The Morgan fingerprint density at radius 2 is 0.795 bits per heavy atom. The maximum absolute atomic E-state index is 3.85. The van der Waals surface area contributed by atoms with Crippen molar-refractivity contribution in [2.45, 2.75) is 0 Å². The van der Waals surface area contributed by atoms with E-state index in [0.29, 0.717) is 0 Å². The van der Waals surface area contributed by atoms with Crippen molar-refractivity contribution in [3.8, 4) is 27.9 Å². The Bertz CT molecular complexity index is 2520.